The van der Waals surface area contributed by atoms with E-state index in [1.54, 1.807) is 29.2 Å². The number of anilines is 2. The predicted molar refractivity (Wildman–Crippen MR) is 73.5 cm³/mol. The highest BCUT2D eigenvalue weighted by Crippen LogP contribution is 2.24. The van der Waals surface area contributed by atoms with Crippen molar-refractivity contribution in [3.05, 3.63) is 24.3 Å². The summed E-state index contributed by atoms with van der Waals surface area (Å²) >= 11 is 0. The number of carboxylic acids is 1. The molecule has 2 N–H and O–H groups in total. The lowest BCUT2D eigenvalue weighted by molar-refractivity contribution is -0.144. The number of amides is 2. The van der Waals surface area contributed by atoms with Crippen molar-refractivity contribution >= 4 is 29.2 Å². The van der Waals surface area contributed by atoms with E-state index in [-0.39, 0.29) is 5.91 Å². The van der Waals surface area contributed by atoms with Crippen LogP contribution in [0.25, 0.3) is 0 Å². The quantitative estimate of drug-likeness (QED) is 0.815. The summed E-state index contributed by atoms with van der Waals surface area (Å²) in [5, 5.41) is 11.3. The molecule has 0 bridgehead atoms. The minimum absolute atomic E-state index is 0.0624. The lowest BCUT2D eigenvalue weighted by atomic mass is 10.1. The molecule has 1 unspecified atom stereocenters. The molecule has 0 radical (unpaired) electrons. The number of carbonyl (C=O) groups is 3. The van der Waals surface area contributed by atoms with Crippen molar-refractivity contribution in [1.82, 2.24) is 0 Å². The number of benzene rings is 1. The maximum atomic E-state index is 11.7. The van der Waals surface area contributed by atoms with Crippen LogP contribution in [0, 0.1) is 5.92 Å². The summed E-state index contributed by atoms with van der Waals surface area (Å²) in [6, 6.07) is 6.85. The SMILES string of the molecule is CC(C(=O)O)C(=O)Nc1cccc(N2CCCC2=O)c1. The Bertz CT molecular complexity index is 556. The topological polar surface area (TPSA) is 86.7 Å². The zero-order valence-corrected chi connectivity index (χ0v) is 11.1. The monoisotopic (exact) mass is 276 g/mol. The molecule has 1 aliphatic heterocycles. The fraction of sp³-hybridized carbons (Fsp3) is 0.357. The van der Waals surface area contributed by atoms with Gasteiger partial charge in [0, 0.05) is 24.3 Å². The van der Waals surface area contributed by atoms with E-state index in [0.717, 1.165) is 6.42 Å². The summed E-state index contributed by atoms with van der Waals surface area (Å²) in [6.45, 7) is 1.99. The van der Waals surface area contributed by atoms with Gasteiger partial charge in [-0.3, -0.25) is 14.4 Å². The molecule has 0 aromatic heterocycles. The molecule has 2 amide bonds. The van der Waals surface area contributed by atoms with E-state index in [1.165, 1.54) is 6.92 Å². The molecule has 106 valence electrons. The van der Waals surface area contributed by atoms with Crippen LogP contribution in [0.15, 0.2) is 24.3 Å². The molecule has 6 nitrogen and oxygen atoms in total. The van der Waals surface area contributed by atoms with Crippen molar-refractivity contribution in [3.8, 4) is 0 Å². The number of aliphatic carboxylic acids is 1. The second-order valence-electron chi connectivity index (χ2n) is 4.75. The van der Waals surface area contributed by atoms with Gasteiger partial charge in [-0.05, 0) is 31.5 Å². The summed E-state index contributed by atoms with van der Waals surface area (Å²) in [7, 11) is 0. The van der Waals surface area contributed by atoms with Crippen molar-refractivity contribution in [2.75, 3.05) is 16.8 Å². The van der Waals surface area contributed by atoms with Crippen LogP contribution in [-0.4, -0.2) is 29.4 Å². The van der Waals surface area contributed by atoms with Crippen molar-refractivity contribution in [2.45, 2.75) is 19.8 Å². The van der Waals surface area contributed by atoms with E-state index in [9.17, 15) is 14.4 Å². The van der Waals surface area contributed by atoms with Crippen LogP contribution in [-0.2, 0) is 14.4 Å². The molecule has 1 saturated heterocycles. The summed E-state index contributed by atoms with van der Waals surface area (Å²) < 4.78 is 0. The van der Waals surface area contributed by atoms with Crippen molar-refractivity contribution < 1.29 is 19.5 Å². The van der Waals surface area contributed by atoms with Gasteiger partial charge in [0.1, 0.15) is 5.92 Å². The molecule has 2 rings (SSSR count). The van der Waals surface area contributed by atoms with Crippen LogP contribution in [0.5, 0.6) is 0 Å². The van der Waals surface area contributed by atoms with E-state index in [0.29, 0.717) is 24.3 Å². The number of nitrogens with one attached hydrogen (secondary N) is 1. The van der Waals surface area contributed by atoms with E-state index in [2.05, 4.69) is 5.32 Å². The third-order valence-corrected chi connectivity index (χ3v) is 3.26. The van der Waals surface area contributed by atoms with E-state index in [1.807, 2.05) is 0 Å². The van der Waals surface area contributed by atoms with Gasteiger partial charge < -0.3 is 15.3 Å². The first-order valence-electron chi connectivity index (χ1n) is 6.43. The third-order valence-electron chi connectivity index (χ3n) is 3.26. The van der Waals surface area contributed by atoms with Gasteiger partial charge in [-0.2, -0.15) is 0 Å². The molecule has 1 aliphatic rings. The molecule has 1 fully saturated rings. The fourth-order valence-electron chi connectivity index (χ4n) is 2.04. The normalized spacial score (nSPS) is 16.1. The van der Waals surface area contributed by atoms with Crippen molar-refractivity contribution in [3.63, 3.8) is 0 Å². The van der Waals surface area contributed by atoms with Gasteiger partial charge in [0.15, 0.2) is 0 Å². The van der Waals surface area contributed by atoms with Gasteiger partial charge in [0.05, 0.1) is 0 Å². The molecule has 1 heterocycles. The first kappa shape index (κ1) is 14.0. The zero-order chi connectivity index (χ0) is 14.7. The number of carboxylic acid groups (broad SMARTS) is 1. The summed E-state index contributed by atoms with van der Waals surface area (Å²) in [5.41, 5.74) is 1.20. The zero-order valence-electron chi connectivity index (χ0n) is 11.1. The van der Waals surface area contributed by atoms with Crippen LogP contribution in [0.4, 0.5) is 11.4 Å². The molecule has 20 heavy (non-hydrogen) atoms. The lowest BCUT2D eigenvalue weighted by Gasteiger charge is -2.17. The molecule has 0 spiro atoms. The van der Waals surface area contributed by atoms with Gasteiger partial charge in [-0.1, -0.05) is 6.07 Å². The van der Waals surface area contributed by atoms with Crippen LogP contribution >= 0.6 is 0 Å². The molecular weight excluding hydrogens is 260 g/mol. The minimum Gasteiger partial charge on any atom is -0.481 e. The highest BCUT2D eigenvalue weighted by molar-refractivity contribution is 6.04. The number of rotatable bonds is 4. The third kappa shape index (κ3) is 2.96. The molecular formula is C14H16N2O4. The van der Waals surface area contributed by atoms with Crippen LogP contribution in [0.1, 0.15) is 19.8 Å². The van der Waals surface area contributed by atoms with E-state index >= 15 is 0 Å². The largest absolute Gasteiger partial charge is 0.481 e. The van der Waals surface area contributed by atoms with Crippen molar-refractivity contribution in [2.24, 2.45) is 5.92 Å². The maximum absolute atomic E-state index is 11.7. The summed E-state index contributed by atoms with van der Waals surface area (Å²) in [6.07, 6.45) is 1.36. The molecule has 1 aromatic carbocycles. The van der Waals surface area contributed by atoms with Crippen LogP contribution < -0.4 is 10.2 Å². The Balaban J connectivity index is 2.12. The first-order valence-corrected chi connectivity index (χ1v) is 6.43. The fourth-order valence-corrected chi connectivity index (χ4v) is 2.04. The summed E-state index contributed by atoms with van der Waals surface area (Å²) in [5.74, 6) is -2.81. The van der Waals surface area contributed by atoms with E-state index in [4.69, 9.17) is 5.11 Å². The average molecular weight is 276 g/mol. The minimum atomic E-state index is -1.17. The van der Waals surface area contributed by atoms with Gasteiger partial charge in [-0.25, -0.2) is 0 Å². The second kappa shape index (κ2) is 5.73. The van der Waals surface area contributed by atoms with Crippen molar-refractivity contribution in [1.29, 1.82) is 0 Å². The van der Waals surface area contributed by atoms with Gasteiger partial charge in [0.2, 0.25) is 11.8 Å². The van der Waals surface area contributed by atoms with Gasteiger partial charge in [-0.15, -0.1) is 0 Å². The standard InChI is InChI=1S/C14H16N2O4/c1-9(14(19)20)13(18)15-10-4-2-5-11(8-10)16-7-3-6-12(16)17/h2,4-5,8-9H,3,6-7H2,1H3,(H,15,18)(H,19,20). The van der Waals surface area contributed by atoms with Crippen LogP contribution in [0.2, 0.25) is 0 Å². The van der Waals surface area contributed by atoms with Gasteiger partial charge in [0.25, 0.3) is 0 Å². The maximum Gasteiger partial charge on any atom is 0.315 e. The molecule has 0 aliphatic carbocycles. The predicted octanol–water partition coefficient (Wildman–Crippen LogP) is 1.47. The Morgan fingerprint density at radius 3 is 2.75 bits per heavy atom. The Labute approximate surface area is 116 Å². The molecule has 1 atom stereocenters. The second-order valence-corrected chi connectivity index (χ2v) is 4.75. The highest BCUT2D eigenvalue weighted by Gasteiger charge is 2.23. The smallest absolute Gasteiger partial charge is 0.315 e. The Morgan fingerprint density at radius 1 is 1.40 bits per heavy atom. The van der Waals surface area contributed by atoms with E-state index < -0.39 is 17.8 Å². The molecule has 0 saturated carbocycles. The molecule has 6 heteroatoms. The number of carbonyl (C=O) groups excluding carboxylic acids is 2. The summed E-state index contributed by atoms with van der Waals surface area (Å²) in [4.78, 5) is 35.7. The first-order chi connectivity index (χ1) is 9.49. The number of hydrogen-bond acceptors (Lipinski definition) is 3. The highest BCUT2D eigenvalue weighted by atomic mass is 16.4. The number of nitrogens with zero attached hydrogens (tertiary/aromatic N) is 1. The number of hydrogen-bond donors (Lipinski definition) is 2. The molecule has 1 aromatic rings. The Morgan fingerprint density at radius 2 is 2.15 bits per heavy atom. The Kier molecular flexibility index (Phi) is 4.02. The van der Waals surface area contributed by atoms with Gasteiger partial charge >= 0.3 is 5.97 Å². The average Bonchev–Trinajstić information content (AvgIpc) is 2.84. The van der Waals surface area contributed by atoms with Crippen LogP contribution in [0.3, 0.4) is 0 Å². The lowest BCUT2D eigenvalue weighted by Crippen LogP contribution is -2.27. The Hall–Kier alpha value is -2.37.